The first-order valence-electron chi connectivity index (χ1n) is 10.7. The molecular weight excluding hydrogens is 442 g/mol. The number of carbonyl (C=O) groups is 2. The lowest BCUT2D eigenvalue weighted by Gasteiger charge is -2.13. The molecule has 11 heteroatoms. The molecule has 3 rings (SSSR count). The molecule has 1 heterocycles. The van der Waals surface area contributed by atoms with E-state index < -0.39 is 5.69 Å². The zero-order valence-electron chi connectivity index (χ0n) is 19.1. The van der Waals surface area contributed by atoms with Crippen LogP contribution in [0.3, 0.4) is 0 Å². The Hall–Kier alpha value is -4.28. The monoisotopic (exact) mass is 469 g/mol. The molecule has 3 aromatic rings. The molecule has 0 saturated carbocycles. The summed E-state index contributed by atoms with van der Waals surface area (Å²) in [4.78, 5) is 34.8. The molecule has 1 aromatic heterocycles. The molecule has 0 aliphatic carbocycles. The normalized spacial score (nSPS) is 10.8. The van der Waals surface area contributed by atoms with Crippen molar-refractivity contribution in [2.24, 2.45) is 0 Å². The summed E-state index contributed by atoms with van der Waals surface area (Å²) in [5.41, 5.74) is 0.908. The minimum absolute atomic E-state index is 0.00919. The highest BCUT2D eigenvalue weighted by molar-refractivity contribution is 5.83. The van der Waals surface area contributed by atoms with Crippen LogP contribution in [-0.4, -0.2) is 56.5 Å². The van der Waals surface area contributed by atoms with Gasteiger partial charge in [0, 0.05) is 13.0 Å². The van der Waals surface area contributed by atoms with E-state index in [1.165, 1.54) is 17.6 Å². The predicted molar refractivity (Wildman–Crippen MR) is 124 cm³/mol. The molecule has 0 fully saturated rings. The number of aromatic nitrogens is 3. The van der Waals surface area contributed by atoms with E-state index in [1.54, 1.807) is 30.3 Å². The molecule has 0 aliphatic rings. The maximum atomic E-state index is 12.5. The number of nitrogens with zero attached hydrogens (tertiary/aromatic N) is 2. The molecular formula is C23H27N5O6. The number of phenolic OH excluding ortho intramolecular Hbond substituents is 2. The van der Waals surface area contributed by atoms with Crippen molar-refractivity contribution < 1.29 is 24.5 Å². The molecule has 0 atom stereocenters. The van der Waals surface area contributed by atoms with Crippen molar-refractivity contribution in [3.8, 4) is 34.3 Å². The Labute approximate surface area is 195 Å². The van der Waals surface area contributed by atoms with E-state index in [0.717, 1.165) is 0 Å². The van der Waals surface area contributed by atoms with Crippen LogP contribution in [0, 0.1) is 0 Å². The van der Waals surface area contributed by atoms with Crippen molar-refractivity contribution in [1.82, 2.24) is 25.4 Å². The largest absolute Gasteiger partial charge is 0.508 e. The Morgan fingerprint density at radius 2 is 1.82 bits per heavy atom. The number of benzene rings is 2. The third-order valence-corrected chi connectivity index (χ3v) is 4.97. The fourth-order valence-electron chi connectivity index (χ4n) is 3.27. The minimum atomic E-state index is -0.496. The summed E-state index contributed by atoms with van der Waals surface area (Å²) >= 11 is 0. The van der Waals surface area contributed by atoms with E-state index in [-0.39, 0.29) is 54.8 Å². The van der Waals surface area contributed by atoms with Gasteiger partial charge in [-0.25, -0.2) is 14.5 Å². The molecule has 5 N–H and O–H groups in total. The van der Waals surface area contributed by atoms with Gasteiger partial charge in [-0.05, 0) is 41.8 Å². The standard InChI is InChI=1S/C23H27N5O6/c1-13(2)17-10-18(20(31)11-19(17)30)22-26-27-23(33)28(22)15-4-6-16(7-5-15)34-9-8-24-21(32)12-25-14(3)29/h4-7,10-11,13,30-31H,8-9,12H2,1-3H3,(H,24,32)(H,25,29)(H,27,33). The predicted octanol–water partition coefficient (Wildman–Crippen LogP) is 1.39. The lowest BCUT2D eigenvalue weighted by Crippen LogP contribution is -2.37. The number of nitrogens with one attached hydrogen (secondary N) is 3. The lowest BCUT2D eigenvalue weighted by atomic mass is 9.98. The summed E-state index contributed by atoms with van der Waals surface area (Å²) in [5, 5.41) is 32.0. The summed E-state index contributed by atoms with van der Waals surface area (Å²) in [7, 11) is 0. The Kier molecular flexibility index (Phi) is 7.57. The average molecular weight is 469 g/mol. The summed E-state index contributed by atoms with van der Waals surface area (Å²) in [5.74, 6) is -0.139. The molecule has 0 bridgehead atoms. The minimum Gasteiger partial charge on any atom is -0.508 e. The van der Waals surface area contributed by atoms with Crippen LogP contribution in [0.1, 0.15) is 32.3 Å². The Bertz CT molecular complexity index is 1230. The second-order valence-electron chi connectivity index (χ2n) is 7.87. The van der Waals surface area contributed by atoms with Crippen LogP contribution in [0.2, 0.25) is 0 Å². The van der Waals surface area contributed by atoms with Crippen molar-refractivity contribution in [1.29, 1.82) is 0 Å². The molecule has 34 heavy (non-hydrogen) atoms. The molecule has 11 nitrogen and oxygen atoms in total. The number of hydrogen-bond acceptors (Lipinski definition) is 7. The third kappa shape index (κ3) is 5.74. The van der Waals surface area contributed by atoms with Crippen LogP contribution in [0.4, 0.5) is 0 Å². The number of phenols is 2. The van der Waals surface area contributed by atoms with Gasteiger partial charge in [-0.1, -0.05) is 13.8 Å². The number of ether oxygens (including phenoxy) is 1. The van der Waals surface area contributed by atoms with Crippen LogP contribution in [0.25, 0.3) is 17.1 Å². The fourth-order valence-corrected chi connectivity index (χ4v) is 3.27. The number of hydrogen-bond donors (Lipinski definition) is 5. The molecule has 0 radical (unpaired) electrons. The number of rotatable bonds is 9. The van der Waals surface area contributed by atoms with Gasteiger partial charge in [0.05, 0.1) is 24.3 Å². The summed E-state index contributed by atoms with van der Waals surface area (Å²) in [6.07, 6.45) is 0. The van der Waals surface area contributed by atoms with Crippen molar-refractivity contribution in [2.75, 3.05) is 19.7 Å². The molecule has 0 spiro atoms. The molecule has 2 amide bonds. The number of aromatic amines is 1. The van der Waals surface area contributed by atoms with E-state index in [9.17, 15) is 24.6 Å². The SMILES string of the molecule is CC(=O)NCC(=O)NCCOc1ccc(-n2c(-c3cc(C(C)C)c(O)cc3O)n[nH]c2=O)cc1. The van der Waals surface area contributed by atoms with Crippen molar-refractivity contribution in [3.05, 3.63) is 52.4 Å². The van der Waals surface area contributed by atoms with E-state index in [1.807, 2.05) is 13.8 Å². The van der Waals surface area contributed by atoms with E-state index in [2.05, 4.69) is 20.8 Å². The highest BCUT2D eigenvalue weighted by Crippen LogP contribution is 2.37. The van der Waals surface area contributed by atoms with Gasteiger partial charge in [-0.2, -0.15) is 5.10 Å². The van der Waals surface area contributed by atoms with Gasteiger partial charge in [0.25, 0.3) is 0 Å². The third-order valence-electron chi connectivity index (χ3n) is 4.97. The van der Waals surface area contributed by atoms with E-state index in [0.29, 0.717) is 22.6 Å². The van der Waals surface area contributed by atoms with Gasteiger partial charge >= 0.3 is 5.69 Å². The number of carbonyl (C=O) groups excluding carboxylic acids is 2. The average Bonchev–Trinajstić information content (AvgIpc) is 3.16. The number of amides is 2. The van der Waals surface area contributed by atoms with Crippen LogP contribution < -0.4 is 21.1 Å². The first-order valence-corrected chi connectivity index (χ1v) is 10.7. The second kappa shape index (κ2) is 10.6. The van der Waals surface area contributed by atoms with Gasteiger partial charge < -0.3 is 25.6 Å². The van der Waals surface area contributed by atoms with Crippen molar-refractivity contribution >= 4 is 11.8 Å². The number of aromatic hydroxyl groups is 2. The zero-order valence-corrected chi connectivity index (χ0v) is 19.1. The van der Waals surface area contributed by atoms with E-state index >= 15 is 0 Å². The molecule has 2 aromatic carbocycles. The van der Waals surface area contributed by atoms with Gasteiger partial charge in [0.2, 0.25) is 11.8 Å². The molecule has 0 aliphatic heterocycles. The maximum Gasteiger partial charge on any atom is 0.348 e. The lowest BCUT2D eigenvalue weighted by molar-refractivity contribution is -0.125. The van der Waals surface area contributed by atoms with Crippen molar-refractivity contribution in [2.45, 2.75) is 26.7 Å². The first-order chi connectivity index (χ1) is 16.2. The van der Waals surface area contributed by atoms with Crippen LogP contribution in [-0.2, 0) is 9.59 Å². The number of H-pyrrole nitrogens is 1. The Balaban J connectivity index is 1.73. The smallest absolute Gasteiger partial charge is 0.348 e. The highest BCUT2D eigenvalue weighted by atomic mass is 16.5. The fraction of sp³-hybridized carbons (Fsp3) is 0.304. The van der Waals surface area contributed by atoms with Crippen LogP contribution in [0.15, 0.2) is 41.2 Å². The molecule has 0 unspecified atom stereocenters. The second-order valence-corrected chi connectivity index (χ2v) is 7.87. The Morgan fingerprint density at radius 3 is 2.47 bits per heavy atom. The van der Waals surface area contributed by atoms with Crippen molar-refractivity contribution in [3.63, 3.8) is 0 Å². The van der Waals surface area contributed by atoms with Crippen LogP contribution in [0.5, 0.6) is 17.2 Å². The van der Waals surface area contributed by atoms with Gasteiger partial charge in [-0.3, -0.25) is 9.59 Å². The first kappa shape index (κ1) is 24.4. The summed E-state index contributed by atoms with van der Waals surface area (Å²) in [6.45, 7) is 5.50. The Morgan fingerprint density at radius 1 is 1.12 bits per heavy atom. The zero-order chi connectivity index (χ0) is 24.8. The van der Waals surface area contributed by atoms with Gasteiger partial charge in [0.1, 0.15) is 23.9 Å². The van der Waals surface area contributed by atoms with Gasteiger partial charge in [-0.15, -0.1) is 0 Å². The topological polar surface area (TPSA) is 159 Å². The highest BCUT2D eigenvalue weighted by Gasteiger charge is 2.19. The summed E-state index contributed by atoms with van der Waals surface area (Å²) < 4.78 is 6.90. The summed E-state index contributed by atoms with van der Waals surface area (Å²) in [6, 6.07) is 9.49. The maximum absolute atomic E-state index is 12.5. The molecule has 0 saturated heterocycles. The van der Waals surface area contributed by atoms with E-state index in [4.69, 9.17) is 4.74 Å². The quantitative estimate of drug-likeness (QED) is 0.296. The van der Waals surface area contributed by atoms with Crippen LogP contribution >= 0.6 is 0 Å². The van der Waals surface area contributed by atoms with Gasteiger partial charge in [0.15, 0.2) is 5.82 Å². The molecule has 180 valence electrons.